The molecular formula is C69H89ClFN15O14. The molecular weight excluding hydrogens is 1320 g/mol. The first kappa shape index (κ1) is 75.2. The number of para-hydroxylation sites is 1. The summed E-state index contributed by atoms with van der Waals surface area (Å²) in [6.07, 6.45) is 4.23. The number of piperazine rings is 1. The third-order valence-corrected chi connectivity index (χ3v) is 17.0. The second kappa shape index (κ2) is 39.7. The summed E-state index contributed by atoms with van der Waals surface area (Å²) >= 11 is 6.41. The Hall–Kier alpha value is -8.98. The van der Waals surface area contributed by atoms with Gasteiger partial charge in [-0.2, -0.15) is 15.2 Å². The highest BCUT2D eigenvalue weighted by Crippen LogP contribution is 2.40. The molecule has 5 amide bonds. The second-order valence-corrected chi connectivity index (χ2v) is 23.9. The first-order chi connectivity index (χ1) is 48.7. The van der Waals surface area contributed by atoms with E-state index in [1.165, 1.54) is 24.1 Å². The molecule has 9 rings (SSSR count). The number of nitrogens with zero attached hydrogens (tertiary/aromatic N) is 9. The lowest BCUT2D eigenvalue weighted by atomic mass is 9.88. The third kappa shape index (κ3) is 22.8. The summed E-state index contributed by atoms with van der Waals surface area (Å²) in [5.41, 5.74) is 5.88. The summed E-state index contributed by atoms with van der Waals surface area (Å²) in [6.45, 7) is 10.7. The van der Waals surface area contributed by atoms with E-state index in [1.54, 1.807) is 66.3 Å². The number of hydrogen-bond donors (Lipinski definition) is 6. The van der Waals surface area contributed by atoms with Gasteiger partial charge in [0, 0.05) is 113 Å². The van der Waals surface area contributed by atoms with E-state index in [4.69, 9.17) is 49.9 Å². The van der Waals surface area contributed by atoms with Gasteiger partial charge >= 0.3 is 5.97 Å². The van der Waals surface area contributed by atoms with Gasteiger partial charge in [-0.3, -0.25) is 43.0 Å². The standard InChI is InChI=1S/C69H89ClFN15O14/c1-72-68(92)53-7-4-5-9-57(53)79-67-55(70)44-76-69(80-67)78-50-11-13-51(14-12-50)84-24-22-83(23-25-84)26-28-95-30-32-97-34-36-99-38-40-100-39-37-98-35-33-96-31-29-94-27-19-73-60(87)15-16-63(90)85-20-17-48(18-21-85)66-65-52(54-42-59-49(41-56(54)71)43-77-82(59)2)8-6-10-58(65)86(81-66)47-62(89)74-45-61(88)75-46-64(91)93-3/h4-14,41-44,48H,15-40,45-47H2,1-3H3,(H,72,92)(H,73,87)(H,74,89)(H,75,88)(H2,76,78,79,80). The summed E-state index contributed by atoms with van der Waals surface area (Å²) in [6, 6.07) is 23.8. The molecule has 2 aliphatic rings. The van der Waals surface area contributed by atoms with Gasteiger partial charge in [-0.05, 0) is 73.0 Å². The molecule has 2 aliphatic heterocycles. The van der Waals surface area contributed by atoms with E-state index in [0.717, 1.165) is 49.6 Å². The van der Waals surface area contributed by atoms with Crippen molar-refractivity contribution in [2.24, 2.45) is 7.05 Å². The lowest BCUT2D eigenvalue weighted by Crippen LogP contribution is -2.47. The topological polar surface area (TPSA) is 320 Å². The van der Waals surface area contributed by atoms with Crippen molar-refractivity contribution in [2.75, 3.05) is 188 Å². The van der Waals surface area contributed by atoms with E-state index >= 15 is 4.39 Å². The van der Waals surface area contributed by atoms with Crippen LogP contribution in [-0.4, -0.2) is 247 Å². The summed E-state index contributed by atoms with van der Waals surface area (Å²) in [5.74, 6) is -2.23. The largest absolute Gasteiger partial charge is 0.468 e. The van der Waals surface area contributed by atoms with Crippen molar-refractivity contribution >= 4 is 97.7 Å². The molecule has 29 nitrogen and oxygen atoms in total. The molecule has 5 heterocycles. The summed E-state index contributed by atoms with van der Waals surface area (Å²) in [5, 5.41) is 27.6. The predicted octanol–water partition coefficient (Wildman–Crippen LogP) is 4.97. The van der Waals surface area contributed by atoms with Crippen LogP contribution in [0, 0.1) is 5.82 Å². The molecule has 0 bridgehead atoms. The number of halogens is 2. The lowest BCUT2D eigenvalue weighted by Gasteiger charge is -2.36. The molecule has 0 saturated carbocycles. The van der Waals surface area contributed by atoms with Crippen LogP contribution in [0.3, 0.4) is 0 Å². The first-order valence-electron chi connectivity index (χ1n) is 33.5. The molecule has 4 aromatic carbocycles. The molecule has 0 spiro atoms. The van der Waals surface area contributed by atoms with Gasteiger partial charge in [-0.1, -0.05) is 35.9 Å². The molecule has 538 valence electrons. The van der Waals surface area contributed by atoms with Gasteiger partial charge in [-0.25, -0.2) is 9.37 Å². The average Bonchev–Trinajstić information content (AvgIpc) is 1.58. The molecule has 0 atom stereocenters. The van der Waals surface area contributed by atoms with Crippen LogP contribution in [0.25, 0.3) is 32.9 Å². The summed E-state index contributed by atoms with van der Waals surface area (Å²) in [7, 11) is 4.56. The van der Waals surface area contributed by atoms with Crippen molar-refractivity contribution < 1.29 is 71.1 Å². The minimum absolute atomic E-state index is 0.0197. The van der Waals surface area contributed by atoms with Crippen LogP contribution in [0.5, 0.6) is 0 Å². The SMILES string of the molecule is CNC(=O)c1ccccc1Nc1nc(Nc2ccc(N3CCN(CCOCCOCCOCCOCCOCCOCCOCCNC(=O)CCC(=O)N4CCC(c5nn(CC(=O)NCC(=O)NCC(=O)OC)c6cccc(-c7cc8c(cnn8C)cc7F)c56)CC4)CC3)cc2)ncc1Cl. The molecule has 2 saturated heterocycles. The maximum Gasteiger partial charge on any atom is 0.325 e. The van der Waals surface area contributed by atoms with E-state index in [2.05, 4.69) is 73.6 Å². The number of nitrogens with one attached hydrogen (secondary N) is 6. The van der Waals surface area contributed by atoms with E-state index in [1.807, 2.05) is 24.3 Å². The van der Waals surface area contributed by atoms with Gasteiger partial charge in [0.25, 0.3) is 5.91 Å². The number of ether oxygens (including phenoxy) is 8. The molecule has 100 heavy (non-hydrogen) atoms. The molecule has 0 aliphatic carbocycles. The number of carbonyl (C=O) groups is 6. The highest BCUT2D eigenvalue weighted by molar-refractivity contribution is 6.33. The monoisotopic (exact) mass is 1410 g/mol. The molecule has 2 fully saturated rings. The zero-order chi connectivity index (χ0) is 70.4. The minimum Gasteiger partial charge on any atom is -0.468 e. The number of methoxy groups -OCH3 is 1. The Bertz CT molecular complexity index is 3810. The molecule has 31 heteroatoms. The van der Waals surface area contributed by atoms with Crippen molar-refractivity contribution in [3.63, 3.8) is 0 Å². The van der Waals surface area contributed by atoms with E-state index in [9.17, 15) is 28.8 Å². The van der Waals surface area contributed by atoms with Gasteiger partial charge in [0.2, 0.25) is 29.6 Å². The number of hydrogen-bond acceptors (Lipinski definition) is 22. The second-order valence-electron chi connectivity index (χ2n) is 23.5. The third-order valence-electron chi connectivity index (χ3n) is 16.7. The maximum absolute atomic E-state index is 16.0. The fourth-order valence-electron chi connectivity index (χ4n) is 11.4. The van der Waals surface area contributed by atoms with Crippen molar-refractivity contribution in [1.29, 1.82) is 0 Å². The number of carbonyl (C=O) groups excluding carboxylic acids is 6. The Morgan fingerprint density at radius 3 is 1.94 bits per heavy atom. The van der Waals surface area contributed by atoms with E-state index in [0.29, 0.717) is 173 Å². The quantitative estimate of drug-likeness (QED) is 0.0218. The smallest absolute Gasteiger partial charge is 0.325 e. The maximum atomic E-state index is 16.0. The van der Waals surface area contributed by atoms with Crippen molar-refractivity contribution in [1.82, 2.24) is 60.6 Å². The Labute approximate surface area is 584 Å². The highest BCUT2D eigenvalue weighted by Gasteiger charge is 2.30. The fourth-order valence-corrected chi connectivity index (χ4v) is 11.5. The number of likely N-dealkylation sites (tertiary alicyclic amines) is 1. The van der Waals surface area contributed by atoms with Crippen LogP contribution >= 0.6 is 11.6 Å². The average molecular weight is 1410 g/mol. The van der Waals surface area contributed by atoms with E-state index < -0.39 is 23.6 Å². The van der Waals surface area contributed by atoms with Crippen LogP contribution in [-0.2, 0) is 75.5 Å². The summed E-state index contributed by atoms with van der Waals surface area (Å²) < 4.78 is 63.2. The Morgan fingerprint density at radius 2 is 1.28 bits per heavy atom. The zero-order valence-electron chi connectivity index (χ0n) is 56.7. The molecule has 0 radical (unpaired) electrons. The van der Waals surface area contributed by atoms with Gasteiger partial charge in [0.1, 0.15) is 23.9 Å². The normalized spacial score (nSPS) is 13.6. The molecule has 7 aromatic rings. The number of amides is 5. The number of piperidine rings is 1. The Morgan fingerprint density at radius 1 is 0.640 bits per heavy atom. The zero-order valence-corrected chi connectivity index (χ0v) is 57.5. The number of anilines is 5. The van der Waals surface area contributed by atoms with Crippen LogP contribution in [0.15, 0.2) is 91.3 Å². The van der Waals surface area contributed by atoms with Gasteiger partial charge in [-0.15, -0.1) is 0 Å². The van der Waals surface area contributed by atoms with E-state index in [-0.39, 0.29) is 69.3 Å². The number of esters is 1. The number of rotatable bonds is 41. The molecule has 6 N–H and O–H groups in total. The summed E-state index contributed by atoms with van der Waals surface area (Å²) in [4.78, 5) is 90.7. The Kier molecular flexibility index (Phi) is 29.9. The van der Waals surface area contributed by atoms with Crippen molar-refractivity contribution in [3.05, 3.63) is 113 Å². The molecule has 0 unspecified atom stereocenters. The fraction of sp³-hybridized carbons (Fsp3) is 0.478. The van der Waals surface area contributed by atoms with Gasteiger partial charge in [0.05, 0.1) is 147 Å². The van der Waals surface area contributed by atoms with Crippen molar-refractivity contribution in [2.45, 2.75) is 38.1 Å². The van der Waals surface area contributed by atoms with Crippen LogP contribution in [0.4, 0.5) is 33.2 Å². The number of aryl methyl sites for hydroxylation is 1. The predicted molar refractivity (Wildman–Crippen MR) is 373 cm³/mol. The van der Waals surface area contributed by atoms with Crippen LogP contribution in [0.1, 0.15) is 47.7 Å². The van der Waals surface area contributed by atoms with Crippen LogP contribution in [0.2, 0.25) is 5.02 Å². The number of benzene rings is 4. The Balaban J connectivity index is 0.539. The lowest BCUT2D eigenvalue weighted by molar-refractivity contribution is -0.141. The van der Waals surface area contributed by atoms with Gasteiger partial charge < -0.3 is 79.6 Å². The number of fused-ring (bicyclic) bond motifs is 2. The minimum atomic E-state index is -0.632. The molecule has 3 aromatic heterocycles. The van der Waals surface area contributed by atoms with Gasteiger partial charge in [0.15, 0.2) is 5.82 Å². The highest BCUT2D eigenvalue weighted by atomic mass is 35.5. The van der Waals surface area contributed by atoms with Crippen molar-refractivity contribution in [3.8, 4) is 11.1 Å². The van der Waals surface area contributed by atoms with Crippen LogP contribution < -0.4 is 36.8 Å². The number of aromatic nitrogens is 6. The first-order valence-corrected chi connectivity index (χ1v) is 33.9.